The lowest BCUT2D eigenvalue weighted by molar-refractivity contribution is 0.318. The van der Waals surface area contributed by atoms with Gasteiger partial charge in [0.05, 0.1) is 6.61 Å². The summed E-state index contributed by atoms with van der Waals surface area (Å²) in [5, 5.41) is 0. The second kappa shape index (κ2) is 7.41. The summed E-state index contributed by atoms with van der Waals surface area (Å²) in [5.41, 5.74) is 10.7. The van der Waals surface area contributed by atoms with Crippen LogP contribution in [0.5, 0.6) is 5.75 Å². The van der Waals surface area contributed by atoms with Gasteiger partial charge in [-0.05, 0) is 62.1 Å². The number of nitrogens with two attached hydrogens (primary N) is 1. The minimum Gasteiger partial charge on any atom is -0.494 e. The van der Waals surface area contributed by atoms with E-state index in [1.807, 2.05) is 19.1 Å². The third-order valence-corrected chi connectivity index (χ3v) is 4.74. The molecule has 2 aromatic rings. The molecule has 0 aromatic heterocycles. The number of hydrogen-bond donors (Lipinski definition) is 1. The lowest BCUT2D eigenvalue weighted by Crippen LogP contribution is -2.00. The van der Waals surface area contributed by atoms with Crippen LogP contribution >= 0.6 is 11.8 Å². The third-order valence-electron chi connectivity index (χ3n) is 3.58. The number of benzene rings is 2. The Bertz CT molecular complexity index is 610. The van der Waals surface area contributed by atoms with Gasteiger partial charge in [-0.15, -0.1) is 11.8 Å². The summed E-state index contributed by atoms with van der Waals surface area (Å²) in [6.07, 6.45) is 1.00. The number of hydrogen-bond acceptors (Lipinski definition) is 3. The van der Waals surface area contributed by atoms with Crippen molar-refractivity contribution in [3.05, 3.63) is 53.1 Å². The Kier molecular flexibility index (Phi) is 5.57. The number of thioether (sulfide) groups is 1. The highest BCUT2D eigenvalue weighted by atomic mass is 32.2. The van der Waals surface area contributed by atoms with Crippen molar-refractivity contribution in [2.24, 2.45) is 0 Å². The van der Waals surface area contributed by atoms with Gasteiger partial charge in [-0.2, -0.15) is 0 Å². The number of anilines is 1. The first-order valence-corrected chi connectivity index (χ1v) is 8.24. The lowest BCUT2D eigenvalue weighted by atomic mass is 10.1. The molecule has 0 heterocycles. The first-order chi connectivity index (χ1) is 10.1. The molecule has 0 bridgehead atoms. The minimum atomic E-state index is 0.737. The monoisotopic (exact) mass is 301 g/mol. The largest absolute Gasteiger partial charge is 0.494 e. The van der Waals surface area contributed by atoms with E-state index in [1.54, 1.807) is 11.8 Å². The molecule has 0 fully saturated rings. The van der Waals surface area contributed by atoms with Crippen LogP contribution in [0.4, 0.5) is 5.69 Å². The lowest BCUT2D eigenvalue weighted by Gasteiger charge is -2.09. The van der Waals surface area contributed by atoms with E-state index in [2.05, 4.69) is 38.1 Å². The van der Waals surface area contributed by atoms with Crippen molar-refractivity contribution in [1.29, 1.82) is 0 Å². The van der Waals surface area contributed by atoms with Gasteiger partial charge in [0, 0.05) is 16.3 Å². The van der Waals surface area contributed by atoms with E-state index < -0.39 is 0 Å². The first kappa shape index (κ1) is 15.8. The number of aryl methyl sites for hydroxylation is 3. The van der Waals surface area contributed by atoms with Crippen molar-refractivity contribution in [2.45, 2.75) is 32.1 Å². The molecule has 0 radical (unpaired) electrons. The highest BCUT2D eigenvalue weighted by Gasteiger charge is 2.02. The molecule has 2 N–H and O–H groups in total. The zero-order valence-electron chi connectivity index (χ0n) is 13.0. The Labute approximate surface area is 131 Å². The molecule has 2 aromatic carbocycles. The van der Waals surface area contributed by atoms with E-state index in [0.717, 1.165) is 35.8 Å². The molecule has 3 heteroatoms. The van der Waals surface area contributed by atoms with Gasteiger partial charge in [-0.3, -0.25) is 0 Å². The van der Waals surface area contributed by atoms with Gasteiger partial charge < -0.3 is 10.5 Å². The Hall–Kier alpha value is -1.61. The van der Waals surface area contributed by atoms with Crippen molar-refractivity contribution in [3.63, 3.8) is 0 Å². The average molecular weight is 301 g/mol. The predicted octanol–water partition coefficient (Wildman–Crippen LogP) is 4.76. The average Bonchev–Trinajstić information content (AvgIpc) is 2.46. The Morgan fingerprint density at radius 1 is 1.00 bits per heavy atom. The molecule has 0 unspecified atom stereocenters. The van der Waals surface area contributed by atoms with Crippen molar-refractivity contribution in [1.82, 2.24) is 0 Å². The maximum absolute atomic E-state index is 6.07. The summed E-state index contributed by atoms with van der Waals surface area (Å²) in [4.78, 5) is 1.17. The van der Waals surface area contributed by atoms with Gasteiger partial charge in [0.25, 0.3) is 0 Å². The van der Waals surface area contributed by atoms with Crippen LogP contribution in [0.3, 0.4) is 0 Å². The second-order valence-corrected chi connectivity index (χ2v) is 6.42. The van der Waals surface area contributed by atoms with Gasteiger partial charge in [0.15, 0.2) is 0 Å². The molecule has 0 saturated carbocycles. The number of ether oxygens (including phenoxy) is 1. The van der Waals surface area contributed by atoms with E-state index in [1.165, 1.54) is 16.0 Å². The van der Waals surface area contributed by atoms with Crippen LogP contribution < -0.4 is 10.5 Å². The van der Waals surface area contributed by atoms with E-state index >= 15 is 0 Å². The molecule has 0 saturated heterocycles. The third kappa shape index (κ3) is 4.43. The molecule has 0 aliphatic rings. The van der Waals surface area contributed by atoms with E-state index in [0.29, 0.717) is 0 Å². The zero-order chi connectivity index (χ0) is 15.2. The molecule has 0 atom stereocenters. The van der Waals surface area contributed by atoms with Crippen molar-refractivity contribution in [3.8, 4) is 5.75 Å². The van der Waals surface area contributed by atoms with Crippen molar-refractivity contribution in [2.75, 3.05) is 18.1 Å². The molecule has 0 amide bonds. The van der Waals surface area contributed by atoms with Crippen LogP contribution in [-0.4, -0.2) is 12.4 Å². The molecule has 0 aliphatic carbocycles. The fourth-order valence-electron chi connectivity index (χ4n) is 2.01. The van der Waals surface area contributed by atoms with Gasteiger partial charge in [-0.25, -0.2) is 0 Å². The van der Waals surface area contributed by atoms with Crippen LogP contribution in [0.15, 0.2) is 41.3 Å². The minimum absolute atomic E-state index is 0.737. The summed E-state index contributed by atoms with van der Waals surface area (Å²) in [5.74, 6) is 1.97. The standard InChI is InChI=1S/C18H23NOS/c1-13-8-9-16(12-15(13)3)20-10-5-11-21-17-7-4-6-14(2)18(17)19/h4,6-9,12H,5,10-11,19H2,1-3H3. The Morgan fingerprint density at radius 3 is 2.57 bits per heavy atom. The molecule has 2 rings (SSSR count). The van der Waals surface area contributed by atoms with Gasteiger partial charge in [0.2, 0.25) is 0 Å². The normalized spacial score (nSPS) is 10.6. The van der Waals surface area contributed by atoms with Crippen LogP contribution in [-0.2, 0) is 0 Å². The van der Waals surface area contributed by atoms with Crippen LogP contribution in [0, 0.1) is 20.8 Å². The molecular formula is C18H23NOS. The van der Waals surface area contributed by atoms with E-state index in [9.17, 15) is 0 Å². The molecule has 2 nitrogen and oxygen atoms in total. The highest BCUT2D eigenvalue weighted by molar-refractivity contribution is 7.99. The summed E-state index contributed by atoms with van der Waals surface area (Å²) in [6.45, 7) is 7.00. The van der Waals surface area contributed by atoms with E-state index in [4.69, 9.17) is 10.5 Å². The van der Waals surface area contributed by atoms with Gasteiger partial charge in [-0.1, -0.05) is 18.2 Å². The van der Waals surface area contributed by atoms with Crippen molar-refractivity contribution < 1.29 is 4.74 Å². The highest BCUT2D eigenvalue weighted by Crippen LogP contribution is 2.27. The maximum Gasteiger partial charge on any atom is 0.119 e. The van der Waals surface area contributed by atoms with Gasteiger partial charge in [0.1, 0.15) is 5.75 Å². The number of nitrogen functional groups attached to an aromatic ring is 1. The molecule has 21 heavy (non-hydrogen) atoms. The van der Waals surface area contributed by atoms with Crippen molar-refractivity contribution >= 4 is 17.4 Å². The Balaban J connectivity index is 1.75. The zero-order valence-corrected chi connectivity index (χ0v) is 13.8. The molecule has 0 spiro atoms. The summed E-state index contributed by atoms with van der Waals surface area (Å²) >= 11 is 1.80. The van der Waals surface area contributed by atoms with Crippen LogP contribution in [0.1, 0.15) is 23.1 Å². The van der Waals surface area contributed by atoms with Crippen LogP contribution in [0.25, 0.3) is 0 Å². The Morgan fingerprint density at radius 2 is 1.81 bits per heavy atom. The van der Waals surface area contributed by atoms with Gasteiger partial charge >= 0.3 is 0 Å². The summed E-state index contributed by atoms with van der Waals surface area (Å²) in [6, 6.07) is 12.4. The van der Waals surface area contributed by atoms with Crippen LogP contribution in [0.2, 0.25) is 0 Å². The summed E-state index contributed by atoms with van der Waals surface area (Å²) in [7, 11) is 0. The fourth-order valence-corrected chi connectivity index (χ4v) is 2.99. The predicted molar refractivity (Wildman–Crippen MR) is 92.3 cm³/mol. The second-order valence-electron chi connectivity index (χ2n) is 5.28. The molecule has 0 aliphatic heterocycles. The number of rotatable bonds is 6. The summed E-state index contributed by atoms with van der Waals surface area (Å²) < 4.78 is 5.79. The SMILES string of the molecule is Cc1ccc(OCCCSc2cccc(C)c2N)cc1C. The fraction of sp³-hybridized carbons (Fsp3) is 0.333. The quantitative estimate of drug-likeness (QED) is 0.475. The molecular weight excluding hydrogens is 278 g/mol. The maximum atomic E-state index is 6.07. The number of para-hydroxylation sites is 1. The first-order valence-electron chi connectivity index (χ1n) is 7.26. The topological polar surface area (TPSA) is 35.2 Å². The van der Waals surface area contributed by atoms with E-state index in [-0.39, 0.29) is 0 Å². The smallest absolute Gasteiger partial charge is 0.119 e. The molecule has 112 valence electrons.